The SMILES string of the molecule is COC(=O)C(C)c1cccc2c1COCC2. The van der Waals surface area contributed by atoms with E-state index in [0.717, 1.165) is 24.2 Å². The lowest BCUT2D eigenvalue weighted by Crippen LogP contribution is -2.17. The summed E-state index contributed by atoms with van der Waals surface area (Å²) in [6.07, 6.45) is 0.928. The highest BCUT2D eigenvalue weighted by molar-refractivity contribution is 5.78. The van der Waals surface area contributed by atoms with Gasteiger partial charge in [0.05, 0.1) is 26.2 Å². The molecule has 1 heterocycles. The molecule has 1 aromatic rings. The third-order valence-electron chi connectivity index (χ3n) is 3.09. The standard InChI is InChI=1S/C13H16O3/c1-9(13(14)15-2)11-5-3-4-10-6-7-16-8-12(10)11/h3-5,9H,6-8H2,1-2H3. The van der Waals surface area contributed by atoms with Crippen molar-refractivity contribution in [2.75, 3.05) is 13.7 Å². The molecule has 1 atom stereocenters. The van der Waals surface area contributed by atoms with E-state index in [1.165, 1.54) is 12.7 Å². The first kappa shape index (κ1) is 11.1. The van der Waals surface area contributed by atoms with Crippen LogP contribution in [0.3, 0.4) is 0 Å². The van der Waals surface area contributed by atoms with Crippen molar-refractivity contribution in [3.05, 3.63) is 34.9 Å². The lowest BCUT2D eigenvalue weighted by molar-refractivity contribution is -0.142. The highest BCUT2D eigenvalue weighted by Gasteiger charge is 2.22. The predicted molar refractivity (Wildman–Crippen MR) is 60.2 cm³/mol. The lowest BCUT2D eigenvalue weighted by Gasteiger charge is -2.22. The maximum absolute atomic E-state index is 11.5. The van der Waals surface area contributed by atoms with Gasteiger partial charge in [0.25, 0.3) is 0 Å². The van der Waals surface area contributed by atoms with Gasteiger partial charge in [0.15, 0.2) is 0 Å². The van der Waals surface area contributed by atoms with E-state index in [9.17, 15) is 4.79 Å². The number of methoxy groups -OCH3 is 1. The molecule has 1 aromatic carbocycles. The van der Waals surface area contributed by atoms with E-state index in [2.05, 4.69) is 6.07 Å². The molecule has 0 aliphatic carbocycles. The van der Waals surface area contributed by atoms with Crippen LogP contribution < -0.4 is 0 Å². The molecule has 0 spiro atoms. The van der Waals surface area contributed by atoms with Gasteiger partial charge in [-0.2, -0.15) is 0 Å². The van der Waals surface area contributed by atoms with Crippen LogP contribution in [0.1, 0.15) is 29.5 Å². The number of ether oxygens (including phenoxy) is 2. The van der Waals surface area contributed by atoms with Crippen molar-refractivity contribution in [1.82, 2.24) is 0 Å². The second-order valence-electron chi connectivity index (χ2n) is 4.03. The summed E-state index contributed by atoms with van der Waals surface area (Å²) >= 11 is 0. The molecule has 0 saturated heterocycles. The van der Waals surface area contributed by atoms with Crippen LogP contribution in [0.2, 0.25) is 0 Å². The molecule has 0 aromatic heterocycles. The van der Waals surface area contributed by atoms with Gasteiger partial charge in [-0.05, 0) is 30.0 Å². The van der Waals surface area contributed by atoms with Crippen LogP contribution in [0.15, 0.2) is 18.2 Å². The largest absolute Gasteiger partial charge is 0.469 e. The molecular formula is C13H16O3. The maximum atomic E-state index is 11.5. The second kappa shape index (κ2) is 4.66. The van der Waals surface area contributed by atoms with Crippen LogP contribution >= 0.6 is 0 Å². The third kappa shape index (κ3) is 1.95. The summed E-state index contributed by atoms with van der Waals surface area (Å²) in [4.78, 5) is 11.5. The molecule has 2 rings (SSSR count). The second-order valence-corrected chi connectivity index (χ2v) is 4.03. The Morgan fingerprint density at radius 1 is 1.50 bits per heavy atom. The zero-order valence-corrected chi connectivity index (χ0v) is 9.66. The maximum Gasteiger partial charge on any atom is 0.312 e. The fourth-order valence-electron chi connectivity index (χ4n) is 2.13. The van der Waals surface area contributed by atoms with Crippen molar-refractivity contribution in [3.8, 4) is 0 Å². The smallest absolute Gasteiger partial charge is 0.312 e. The molecule has 3 heteroatoms. The minimum absolute atomic E-state index is 0.195. The molecule has 1 unspecified atom stereocenters. The topological polar surface area (TPSA) is 35.5 Å². The monoisotopic (exact) mass is 220 g/mol. The molecule has 0 N–H and O–H groups in total. The summed E-state index contributed by atoms with van der Waals surface area (Å²) in [5.41, 5.74) is 3.48. The average Bonchev–Trinajstić information content (AvgIpc) is 2.36. The minimum Gasteiger partial charge on any atom is -0.469 e. The first-order chi connectivity index (χ1) is 7.74. The Morgan fingerprint density at radius 2 is 2.31 bits per heavy atom. The number of rotatable bonds is 2. The summed E-state index contributed by atoms with van der Waals surface area (Å²) in [6, 6.07) is 6.08. The van der Waals surface area contributed by atoms with Gasteiger partial charge in [-0.1, -0.05) is 18.2 Å². The van der Waals surface area contributed by atoms with Crippen molar-refractivity contribution in [2.45, 2.75) is 25.9 Å². The van der Waals surface area contributed by atoms with Crippen LogP contribution in [0.5, 0.6) is 0 Å². The fourth-order valence-corrected chi connectivity index (χ4v) is 2.13. The Morgan fingerprint density at radius 3 is 3.06 bits per heavy atom. The number of hydrogen-bond donors (Lipinski definition) is 0. The average molecular weight is 220 g/mol. The van der Waals surface area contributed by atoms with Gasteiger partial charge in [0, 0.05) is 0 Å². The molecule has 0 radical (unpaired) electrons. The summed E-state index contributed by atoms with van der Waals surface area (Å²) in [5.74, 6) is -0.416. The van der Waals surface area contributed by atoms with Gasteiger partial charge >= 0.3 is 5.97 Å². The van der Waals surface area contributed by atoms with Gasteiger partial charge in [-0.15, -0.1) is 0 Å². The highest BCUT2D eigenvalue weighted by atomic mass is 16.5. The Labute approximate surface area is 95.4 Å². The number of carbonyl (C=O) groups excluding carboxylic acids is 1. The van der Waals surface area contributed by atoms with E-state index in [0.29, 0.717) is 6.61 Å². The number of benzene rings is 1. The van der Waals surface area contributed by atoms with Crippen LogP contribution in [-0.4, -0.2) is 19.7 Å². The quantitative estimate of drug-likeness (QED) is 0.715. The fraction of sp³-hybridized carbons (Fsp3) is 0.462. The van der Waals surface area contributed by atoms with E-state index < -0.39 is 0 Å². The molecule has 0 amide bonds. The molecule has 0 saturated carbocycles. The Balaban J connectivity index is 2.37. The zero-order chi connectivity index (χ0) is 11.5. The van der Waals surface area contributed by atoms with Crippen LogP contribution in [0.4, 0.5) is 0 Å². The van der Waals surface area contributed by atoms with Crippen molar-refractivity contribution in [2.24, 2.45) is 0 Å². The lowest BCUT2D eigenvalue weighted by atomic mass is 9.90. The van der Waals surface area contributed by atoms with Crippen LogP contribution in [0.25, 0.3) is 0 Å². The van der Waals surface area contributed by atoms with Crippen LogP contribution in [-0.2, 0) is 27.3 Å². The Hall–Kier alpha value is -1.35. The number of esters is 1. The van der Waals surface area contributed by atoms with E-state index in [-0.39, 0.29) is 11.9 Å². The van der Waals surface area contributed by atoms with Crippen molar-refractivity contribution in [3.63, 3.8) is 0 Å². The van der Waals surface area contributed by atoms with Crippen molar-refractivity contribution < 1.29 is 14.3 Å². The molecule has 1 aliphatic rings. The first-order valence-electron chi connectivity index (χ1n) is 5.50. The molecule has 3 nitrogen and oxygen atoms in total. The molecular weight excluding hydrogens is 204 g/mol. The minimum atomic E-state index is -0.221. The van der Waals surface area contributed by atoms with Gasteiger partial charge in [-0.3, -0.25) is 4.79 Å². The van der Waals surface area contributed by atoms with E-state index in [1.807, 2.05) is 19.1 Å². The summed E-state index contributed by atoms with van der Waals surface area (Å²) in [6.45, 7) is 3.24. The zero-order valence-electron chi connectivity index (χ0n) is 9.66. The molecule has 0 bridgehead atoms. The van der Waals surface area contributed by atoms with Gasteiger partial charge in [0.2, 0.25) is 0 Å². The number of hydrogen-bond acceptors (Lipinski definition) is 3. The normalized spacial score (nSPS) is 16.4. The van der Waals surface area contributed by atoms with E-state index in [1.54, 1.807) is 0 Å². The van der Waals surface area contributed by atoms with Gasteiger partial charge < -0.3 is 9.47 Å². The summed E-state index contributed by atoms with van der Waals surface area (Å²) in [7, 11) is 1.42. The number of carbonyl (C=O) groups is 1. The van der Waals surface area contributed by atoms with Crippen molar-refractivity contribution >= 4 is 5.97 Å². The van der Waals surface area contributed by atoms with Crippen LogP contribution in [0, 0.1) is 0 Å². The molecule has 86 valence electrons. The molecule has 1 aliphatic heterocycles. The third-order valence-corrected chi connectivity index (χ3v) is 3.09. The predicted octanol–water partition coefficient (Wildman–Crippen LogP) is 2.04. The summed E-state index contributed by atoms with van der Waals surface area (Å²) < 4.78 is 10.2. The summed E-state index contributed by atoms with van der Waals surface area (Å²) in [5, 5.41) is 0. The van der Waals surface area contributed by atoms with E-state index >= 15 is 0 Å². The highest BCUT2D eigenvalue weighted by Crippen LogP contribution is 2.27. The van der Waals surface area contributed by atoms with E-state index in [4.69, 9.17) is 9.47 Å². The van der Waals surface area contributed by atoms with Gasteiger partial charge in [-0.25, -0.2) is 0 Å². The first-order valence-corrected chi connectivity index (χ1v) is 5.50. The Kier molecular flexibility index (Phi) is 3.25. The molecule has 16 heavy (non-hydrogen) atoms. The number of fused-ring (bicyclic) bond motifs is 1. The van der Waals surface area contributed by atoms with Crippen molar-refractivity contribution in [1.29, 1.82) is 0 Å². The Bertz CT molecular complexity index is 398. The van der Waals surface area contributed by atoms with Gasteiger partial charge in [0.1, 0.15) is 0 Å². The molecule has 0 fully saturated rings.